The molecule has 33 heavy (non-hydrogen) atoms. The molecule has 0 bridgehead atoms. The molecule has 2 aromatic carbocycles. The fourth-order valence-electron chi connectivity index (χ4n) is 3.63. The number of hydrogen-bond acceptors (Lipinski definition) is 6. The van der Waals surface area contributed by atoms with Crippen molar-refractivity contribution in [2.75, 3.05) is 39.4 Å². The first-order valence-corrected chi connectivity index (χ1v) is 12.4. The van der Waals surface area contributed by atoms with Crippen molar-refractivity contribution in [3.8, 4) is 5.75 Å². The maximum absolute atomic E-state index is 13.0. The summed E-state index contributed by atoms with van der Waals surface area (Å²) in [7, 11) is -3.62. The van der Waals surface area contributed by atoms with Crippen molar-refractivity contribution in [2.24, 2.45) is 0 Å². The molecule has 0 atom stereocenters. The molecule has 1 aliphatic rings. The summed E-state index contributed by atoms with van der Waals surface area (Å²) in [5, 5.41) is 0. The molecule has 1 fully saturated rings. The summed E-state index contributed by atoms with van der Waals surface area (Å²) < 4.78 is 37.9. The van der Waals surface area contributed by atoms with Gasteiger partial charge in [0, 0.05) is 32.6 Å². The number of benzene rings is 2. The highest BCUT2D eigenvalue weighted by Crippen LogP contribution is 2.22. The molecule has 0 aliphatic carbocycles. The summed E-state index contributed by atoms with van der Waals surface area (Å²) in [6, 6.07) is 14.6. The molecule has 1 saturated heterocycles. The Hall–Kier alpha value is -2.91. The van der Waals surface area contributed by atoms with Crippen molar-refractivity contribution in [1.29, 1.82) is 0 Å². The molecule has 3 rings (SSSR count). The predicted molar refractivity (Wildman–Crippen MR) is 123 cm³/mol. The van der Waals surface area contributed by atoms with Gasteiger partial charge in [-0.3, -0.25) is 9.59 Å². The van der Waals surface area contributed by atoms with Gasteiger partial charge in [0.1, 0.15) is 5.75 Å². The Morgan fingerprint density at radius 1 is 0.970 bits per heavy atom. The number of aryl methyl sites for hydroxylation is 2. The van der Waals surface area contributed by atoms with E-state index in [1.807, 2.05) is 43.3 Å². The van der Waals surface area contributed by atoms with E-state index in [0.717, 1.165) is 11.3 Å². The van der Waals surface area contributed by atoms with Crippen LogP contribution in [0.3, 0.4) is 0 Å². The molecule has 0 unspecified atom stereocenters. The molecule has 9 heteroatoms. The van der Waals surface area contributed by atoms with Crippen LogP contribution in [0, 0.1) is 13.8 Å². The highest BCUT2D eigenvalue weighted by atomic mass is 32.2. The molecule has 1 aliphatic heterocycles. The van der Waals surface area contributed by atoms with Crippen LogP contribution in [0.25, 0.3) is 0 Å². The van der Waals surface area contributed by atoms with E-state index in [0.29, 0.717) is 18.6 Å². The number of nitrogens with zero attached hydrogens (tertiary/aromatic N) is 2. The molecule has 0 spiro atoms. The van der Waals surface area contributed by atoms with E-state index in [2.05, 4.69) is 0 Å². The van der Waals surface area contributed by atoms with E-state index in [9.17, 15) is 18.0 Å². The SMILES string of the molecule is Cc1ccc(S(=O)(=O)N2CCN(C(=O)COC(=O)CCCOc3ccccc3)CC2)c(C)c1. The van der Waals surface area contributed by atoms with E-state index >= 15 is 0 Å². The van der Waals surface area contributed by atoms with E-state index in [1.54, 1.807) is 19.1 Å². The van der Waals surface area contributed by atoms with Gasteiger partial charge in [0.15, 0.2) is 6.61 Å². The maximum Gasteiger partial charge on any atom is 0.306 e. The zero-order valence-electron chi connectivity index (χ0n) is 19.0. The summed E-state index contributed by atoms with van der Waals surface area (Å²) in [6.07, 6.45) is 0.638. The first kappa shape index (κ1) is 24.7. The summed E-state index contributed by atoms with van der Waals surface area (Å²) in [4.78, 5) is 26.1. The summed E-state index contributed by atoms with van der Waals surface area (Å²) >= 11 is 0. The second-order valence-corrected chi connectivity index (χ2v) is 9.89. The smallest absolute Gasteiger partial charge is 0.306 e. The third kappa shape index (κ3) is 6.79. The fourth-order valence-corrected chi connectivity index (χ4v) is 5.26. The number of esters is 1. The minimum absolute atomic E-state index is 0.155. The van der Waals surface area contributed by atoms with Gasteiger partial charge in [-0.05, 0) is 44.0 Å². The number of sulfonamides is 1. The van der Waals surface area contributed by atoms with Gasteiger partial charge in [-0.2, -0.15) is 4.31 Å². The minimum atomic E-state index is -3.62. The topological polar surface area (TPSA) is 93.2 Å². The Morgan fingerprint density at radius 2 is 1.67 bits per heavy atom. The van der Waals surface area contributed by atoms with Gasteiger partial charge in [-0.1, -0.05) is 35.9 Å². The number of para-hydroxylation sites is 1. The average molecular weight is 475 g/mol. The standard InChI is InChI=1S/C24H30N2O6S/c1-19-10-11-22(20(2)17-19)33(29,30)26-14-12-25(13-15-26)23(27)18-32-24(28)9-6-16-31-21-7-4-3-5-8-21/h3-5,7-8,10-11,17H,6,9,12-16,18H2,1-2H3. The summed E-state index contributed by atoms with van der Waals surface area (Å²) in [5.41, 5.74) is 1.70. The molecule has 0 radical (unpaired) electrons. The van der Waals surface area contributed by atoms with E-state index in [1.165, 1.54) is 9.21 Å². The highest BCUT2D eigenvalue weighted by Gasteiger charge is 2.31. The molecule has 0 saturated carbocycles. The van der Waals surface area contributed by atoms with Crippen LogP contribution < -0.4 is 4.74 Å². The zero-order chi connectivity index (χ0) is 23.8. The van der Waals surface area contributed by atoms with Gasteiger partial charge in [0.2, 0.25) is 10.0 Å². The largest absolute Gasteiger partial charge is 0.494 e. The highest BCUT2D eigenvalue weighted by molar-refractivity contribution is 7.89. The quantitative estimate of drug-likeness (QED) is 0.410. The van der Waals surface area contributed by atoms with Crippen molar-refractivity contribution in [3.05, 3.63) is 59.7 Å². The Bertz CT molecular complexity index is 1060. The molecule has 8 nitrogen and oxygen atoms in total. The molecule has 0 N–H and O–H groups in total. The molecule has 178 valence electrons. The number of rotatable bonds is 9. The predicted octanol–water partition coefficient (Wildman–Crippen LogP) is 2.54. The van der Waals surface area contributed by atoms with Crippen LogP contribution in [0.1, 0.15) is 24.0 Å². The lowest BCUT2D eigenvalue weighted by Gasteiger charge is -2.34. The Morgan fingerprint density at radius 3 is 2.33 bits per heavy atom. The van der Waals surface area contributed by atoms with Crippen molar-refractivity contribution in [1.82, 2.24) is 9.21 Å². The minimum Gasteiger partial charge on any atom is -0.494 e. The van der Waals surface area contributed by atoms with Crippen LogP contribution in [0.4, 0.5) is 0 Å². The second kappa shape index (κ2) is 11.3. The third-order valence-corrected chi connectivity index (χ3v) is 7.49. The normalized spacial score (nSPS) is 14.7. The zero-order valence-corrected chi connectivity index (χ0v) is 19.8. The molecule has 1 heterocycles. The molecular weight excluding hydrogens is 444 g/mol. The number of carbonyl (C=O) groups excluding carboxylic acids is 2. The molecule has 2 aromatic rings. The van der Waals surface area contributed by atoms with Crippen LogP contribution >= 0.6 is 0 Å². The molecular formula is C24H30N2O6S. The first-order chi connectivity index (χ1) is 15.8. The van der Waals surface area contributed by atoms with E-state index in [4.69, 9.17) is 9.47 Å². The Balaban J connectivity index is 1.38. The first-order valence-electron chi connectivity index (χ1n) is 11.0. The van der Waals surface area contributed by atoms with E-state index in [-0.39, 0.29) is 50.0 Å². The third-order valence-electron chi connectivity index (χ3n) is 5.43. The molecule has 1 amide bonds. The van der Waals surface area contributed by atoms with Crippen LogP contribution in [0.5, 0.6) is 5.75 Å². The average Bonchev–Trinajstić information content (AvgIpc) is 2.81. The van der Waals surface area contributed by atoms with Gasteiger partial charge in [0.25, 0.3) is 5.91 Å². The van der Waals surface area contributed by atoms with Gasteiger partial charge < -0.3 is 14.4 Å². The lowest BCUT2D eigenvalue weighted by molar-refractivity contribution is -0.152. The van der Waals surface area contributed by atoms with Gasteiger partial charge >= 0.3 is 5.97 Å². The number of ether oxygens (including phenoxy) is 2. The number of hydrogen-bond donors (Lipinski definition) is 0. The lowest BCUT2D eigenvalue weighted by Crippen LogP contribution is -2.51. The Kier molecular flexibility index (Phi) is 8.46. The number of carbonyl (C=O) groups is 2. The van der Waals surface area contributed by atoms with Gasteiger partial charge in [-0.15, -0.1) is 0 Å². The van der Waals surface area contributed by atoms with Crippen molar-refractivity contribution in [3.63, 3.8) is 0 Å². The number of amides is 1. The van der Waals surface area contributed by atoms with Crippen molar-refractivity contribution >= 4 is 21.9 Å². The fraction of sp³-hybridized carbons (Fsp3) is 0.417. The van der Waals surface area contributed by atoms with Crippen LogP contribution in [-0.2, 0) is 24.3 Å². The summed E-state index contributed by atoms with van der Waals surface area (Å²) in [5.74, 6) is -0.0525. The van der Waals surface area contributed by atoms with Gasteiger partial charge in [-0.25, -0.2) is 8.42 Å². The van der Waals surface area contributed by atoms with Crippen LogP contribution in [0.15, 0.2) is 53.4 Å². The second-order valence-electron chi connectivity index (χ2n) is 7.98. The summed E-state index contributed by atoms with van der Waals surface area (Å²) in [6.45, 7) is 4.64. The monoisotopic (exact) mass is 474 g/mol. The lowest BCUT2D eigenvalue weighted by atomic mass is 10.2. The van der Waals surface area contributed by atoms with Crippen LogP contribution in [0.2, 0.25) is 0 Å². The van der Waals surface area contributed by atoms with Crippen molar-refractivity contribution in [2.45, 2.75) is 31.6 Å². The Labute approximate surface area is 195 Å². The van der Waals surface area contributed by atoms with Gasteiger partial charge in [0.05, 0.1) is 11.5 Å². The van der Waals surface area contributed by atoms with E-state index < -0.39 is 16.0 Å². The maximum atomic E-state index is 13.0. The van der Waals surface area contributed by atoms with Crippen molar-refractivity contribution < 1.29 is 27.5 Å². The van der Waals surface area contributed by atoms with Crippen LogP contribution in [-0.4, -0.2) is 68.9 Å². The molecule has 0 aromatic heterocycles. The number of piperazine rings is 1.